The Morgan fingerprint density at radius 3 is 2.56 bits per heavy atom. The highest BCUT2D eigenvalue weighted by Crippen LogP contribution is 2.33. The van der Waals surface area contributed by atoms with Crippen LogP contribution in [0.3, 0.4) is 0 Å². The van der Waals surface area contributed by atoms with Gasteiger partial charge in [0.05, 0.1) is 13.2 Å². The van der Waals surface area contributed by atoms with Crippen LogP contribution >= 0.6 is 0 Å². The van der Waals surface area contributed by atoms with Crippen molar-refractivity contribution in [2.24, 2.45) is 5.92 Å². The van der Waals surface area contributed by atoms with E-state index in [-0.39, 0.29) is 36.2 Å². The van der Waals surface area contributed by atoms with Crippen LogP contribution in [0.2, 0.25) is 0 Å². The van der Waals surface area contributed by atoms with Crippen molar-refractivity contribution < 1.29 is 23.5 Å². The number of amides is 2. The van der Waals surface area contributed by atoms with Crippen molar-refractivity contribution in [3.63, 3.8) is 0 Å². The van der Waals surface area contributed by atoms with Gasteiger partial charge in [-0.1, -0.05) is 0 Å². The molecule has 1 aromatic rings. The summed E-state index contributed by atoms with van der Waals surface area (Å²) >= 11 is 0. The summed E-state index contributed by atoms with van der Waals surface area (Å²) in [6.45, 7) is 6.35. The van der Waals surface area contributed by atoms with E-state index in [1.165, 1.54) is 24.3 Å². The fourth-order valence-electron chi connectivity index (χ4n) is 4.53. The van der Waals surface area contributed by atoms with Gasteiger partial charge in [0.1, 0.15) is 11.6 Å². The molecule has 0 bridgehead atoms. The minimum Gasteiger partial charge on any atom is -0.484 e. The summed E-state index contributed by atoms with van der Waals surface area (Å²) in [5.74, 6) is 0.477. The van der Waals surface area contributed by atoms with Gasteiger partial charge in [0.25, 0.3) is 5.91 Å². The number of hydrogen-bond donors (Lipinski definition) is 0. The zero-order valence-corrected chi connectivity index (χ0v) is 18.7. The molecular formula is C24H34FN3O4. The van der Waals surface area contributed by atoms with Crippen LogP contribution in [0.5, 0.6) is 5.75 Å². The fraction of sp³-hybridized carbons (Fsp3) is 0.667. The molecule has 8 heteroatoms. The molecule has 1 atom stereocenters. The Morgan fingerprint density at radius 2 is 1.84 bits per heavy atom. The summed E-state index contributed by atoms with van der Waals surface area (Å²) in [6, 6.07) is 5.73. The lowest BCUT2D eigenvalue weighted by Crippen LogP contribution is -2.53. The summed E-state index contributed by atoms with van der Waals surface area (Å²) in [7, 11) is 0. The predicted molar refractivity (Wildman–Crippen MR) is 118 cm³/mol. The van der Waals surface area contributed by atoms with Gasteiger partial charge < -0.3 is 19.3 Å². The maximum atomic E-state index is 13.0. The molecule has 32 heavy (non-hydrogen) atoms. The maximum Gasteiger partial charge on any atom is 0.260 e. The van der Waals surface area contributed by atoms with Crippen LogP contribution in [0.15, 0.2) is 24.3 Å². The number of carbonyl (C=O) groups excluding carboxylic acids is 2. The molecule has 0 spiro atoms. The van der Waals surface area contributed by atoms with Gasteiger partial charge in [-0.2, -0.15) is 0 Å². The van der Waals surface area contributed by atoms with E-state index >= 15 is 0 Å². The summed E-state index contributed by atoms with van der Waals surface area (Å²) < 4.78 is 24.0. The molecule has 1 aliphatic carbocycles. The van der Waals surface area contributed by atoms with Crippen LogP contribution in [0.25, 0.3) is 0 Å². The Labute approximate surface area is 189 Å². The molecule has 1 saturated carbocycles. The van der Waals surface area contributed by atoms with E-state index in [9.17, 15) is 14.0 Å². The highest BCUT2D eigenvalue weighted by Gasteiger charge is 2.38. The van der Waals surface area contributed by atoms with Crippen molar-refractivity contribution in [2.75, 3.05) is 59.1 Å². The highest BCUT2D eigenvalue weighted by atomic mass is 19.1. The largest absolute Gasteiger partial charge is 0.484 e. The predicted octanol–water partition coefficient (Wildman–Crippen LogP) is 2.16. The van der Waals surface area contributed by atoms with E-state index in [1.807, 2.05) is 4.90 Å². The van der Waals surface area contributed by atoms with E-state index < -0.39 is 0 Å². The van der Waals surface area contributed by atoms with Crippen LogP contribution in [0.1, 0.15) is 32.1 Å². The molecule has 4 rings (SSSR count). The second-order valence-corrected chi connectivity index (χ2v) is 8.99. The number of morpholine rings is 1. The topological polar surface area (TPSA) is 62.3 Å². The van der Waals surface area contributed by atoms with E-state index in [1.54, 1.807) is 0 Å². The van der Waals surface area contributed by atoms with E-state index in [4.69, 9.17) is 9.47 Å². The van der Waals surface area contributed by atoms with Gasteiger partial charge in [0.2, 0.25) is 5.91 Å². The first-order valence-electron chi connectivity index (χ1n) is 11.9. The number of nitrogens with zero attached hydrogens (tertiary/aromatic N) is 3. The number of halogens is 1. The number of hydrogen-bond acceptors (Lipinski definition) is 5. The summed E-state index contributed by atoms with van der Waals surface area (Å²) in [4.78, 5) is 32.0. The Morgan fingerprint density at radius 1 is 1.09 bits per heavy atom. The molecule has 2 heterocycles. The van der Waals surface area contributed by atoms with Crippen LogP contribution in [-0.4, -0.2) is 91.6 Å². The fourth-order valence-corrected chi connectivity index (χ4v) is 4.53. The Bertz CT molecular complexity index is 765. The summed E-state index contributed by atoms with van der Waals surface area (Å²) in [5, 5.41) is 0. The van der Waals surface area contributed by atoms with Crippen molar-refractivity contribution in [1.29, 1.82) is 0 Å². The molecule has 3 fully saturated rings. The van der Waals surface area contributed by atoms with E-state index in [2.05, 4.69) is 9.80 Å². The molecule has 2 aliphatic heterocycles. The second-order valence-electron chi connectivity index (χ2n) is 8.99. The molecule has 176 valence electrons. The molecule has 0 radical (unpaired) electrons. The van der Waals surface area contributed by atoms with Crippen molar-refractivity contribution >= 4 is 11.8 Å². The molecule has 7 nitrogen and oxygen atoms in total. The van der Waals surface area contributed by atoms with Gasteiger partial charge in [0, 0.05) is 51.2 Å². The Kier molecular flexibility index (Phi) is 7.97. The van der Waals surface area contributed by atoms with Gasteiger partial charge in [0.15, 0.2) is 6.61 Å². The summed E-state index contributed by atoms with van der Waals surface area (Å²) in [6.07, 6.45) is 4.72. The number of rotatable bonds is 9. The molecule has 0 aromatic heterocycles. The Balaban J connectivity index is 1.29. The third-order valence-corrected chi connectivity index (χ3v) is 6.55. The average molecular weight is 448 g/mol. The number of carbonyl (C=O) groups is 2. The van der Waals surface area contributed by atoms with Crippen molar-refractivity contribution in [3.8, 4) is 5.75 Å². The number of likely N-dealkylation sites (tertiary alicyclic amines) is 1. The smallest absolute Gasteiger partial charge is 0.260 e. The number of benzene rings is 1. The van der Waals surface area contributed by atoms with Gasteiger partial charge >= 0.3 is 0 Å². The molecule has 2 saturated heterocycles. The first-order chi connectivity index (χ1) is 15.6. The van der Waals surface area contributed by atoms with Gasteiger partial charge in [-0.25, -0.2) is 4.39 Å². The van der Waals surface area contributed by atoms with Crippen LogP contribution < -0.4 is 4.74 Å². The average Bonchev–Trinajstić information content (AvgIpc) is 3.67. The molecular weight excluding hydrogens is 413 g/mol. The first kappa shape index (κ1) is 23.0. The monoisotopic (exact) mass is 447 g/mol. The quantitative estimate of drug-likeness (QED) is 0.581. The van der Waals surface area contributed by atoms with Crippen molar-refractivity contribution in [1.82, 2.24) is 14.7 Å². The highest BCUT2D eigenvalue weighted by molar-refractivity contribution is 5.82. The SMILES string of the molecule is O=C(COc1ccc(F)cc1)N1CCCC(N(CCCN2CCOCC2)C(=O)C2CC2)C1. The van der Waals surface area contributed by atoms with Crippen LogP contribution in [-0.2, 0) is 14.3 Å². The standard InChI is InChI=1S/C24H34FN3O4/c25-20-6-8-22(9-7-20)32-18-23(29)27-11-1-3-21(17-27)28(24(30)19-4-5-19)12-2-10-26-13-15-31-16-14-26/h6-9,19,21H,1-5,10-18H2. The lowest BCUT2D eigenvalue weighted by Gasteiger charge is -2.40. The maximum absolute atomic E-state index is 13.0. The van der Waals surface area contributed by atoms with Crippen LogP contribution in [0.4, 0.5) is 4.39 Å². The van der Waals surface area contributed by atoms with Gasteiger partial charge in [-0.05, 0) is 56.4 Å². The third-order valence-electron chi connectivity index (χ3n) is 6.55. The zero-order chi connectivity index (χ0) is 22.3. The minimum absolute atomic E-state index is 0.0660. The van der Waals surface area contributed by atoms with Crippen molar-refractivity contribution in [2.45, 2.75) is 38.1 Å². The molecule has 3 aliphatic rings. The van der Waals surface area contributed by atoms with Gasteiger partial charge in [-0.15, -0.1) is 0 Å². The lowest BCUT2D eigenvalue weighted by atomic mass is 10.0. The summed E-state index contributed by atoms with van der Waals surface area (Å²) in [5.41, 5.74) is 0. The van der Waals surface area contributed by atoms with E-state index in [0.29, 0.717) is 18.8 Å². The number of ether oxygens (including phenoxy) is 2. The van der Waals surface area contributed by atoms with Crippen molar-refractivity contribution in [3.05, 3.63) is 30.1 Å². The lowest BCUT2D eigenvalue weighted by molar-refractivity contribution is -0.141. The Hall–Kier alpha value is -2.19. The second kappa shape index (κ2) is 11.1. The third kappa shape index (κ3) is 6.42. The molecule has 1 unspecified atom stereocenters. The number of piperidine rings is 1. The minimum atomic E-state index is -0.336. The molecule has 0 N–H and O–H groups in total. The molecule has 1 aromatic carbocycles. The first-order valence-corrected chi connectivity index (χ1v) is 11.9. The normalized spacial score (nSPS) is 21.9. The van der Waals surface area contributed by atoms with E-state index in [0.717, 1.165) is 71.5 Å². The molecule has 2 amide bonds. The van der Waals surface area contributed by atoms with Crippen LogP contribution in [0, 0.1) is 11.7 Å². The van der Waals surface area contributed by atoms with Gasteiger partial charge in [-0.3, -0.25) is 14.5 Å². The zero-order valence-electron chi connectivity index (χ0n) is 18.7.